The summed E-state index contributed by atoms with van der Waals surface area (Å²) < 4.78 is 29.7. The molecule has 3 N–H and O–H groups in total. The topological polar surface area (TPSA) is 128 Å². The standard InChI is InChI=1S/C27H35FN6O4/c1-2-36-9-10-37-11-12-38-18-24(35)34-8-4-6-19(17-34)5-3-7-20-14-30-27(33-25(20)29)23-16-32-26-22(23)13-21(28)15-31-26/h6,13-16H,2-5,7-12,17-18H2,1H3,(H,31,32)(H2,29,30,33). The van der Waals surface area contributed by atoms with E-state index in [2.05, 4.69) is 26.0 Å². The number of aromatic nitrogens is 4. The zero-order valence-electron chi connectivity index (χ0n) is 21.7. The van der Waals surface area contributed by atoms with Gasteiger partial charge in [-0.3, -0.25) is 4.79 Å². The number of carbonyl (C=O) groups excluding carboxylic acids is 1. The number of carbonyl (C=O) groups is 1. The number of fused-ring (bicyclic) bond motifs is 1. The van der Waals surface area contributed by atoms with Crippen LogP contribution in [0.2, 0.25) is 0 Å². The lowest BCUT2D eigenvalue weighted by Crippen LogP contribution is -2.38. The van der Waals surface area contributed by atoms with Crippen molar-refractivity contribution in [3.05, 3.63) is 47.7 Å². The van der Waals surface area contributed by atoms with Gasteiger partial charge in [0.05, 0.1) is 32.6 Å². The fraction of sp³-hybridized carbons (Fsp3) is 0.481. The molecule has 0 saturated heterocycles. The lowest BCUT2D eigenvalue weighted by molar-refractivity contribution is -0.136. The Kier molecular flexibility index (Phi) is 10.1. The average Bonchev–Trinajstić information content (AvgIpc) is 3.34. The number of rotatable bonds is 14. The summed E-state index contributed by atoms with van der Waals surface area (Å²) in [5.74, 6) is 0.396. The van der Waals surface area contributed by atoms with Crippen molar-refractivity contribution in [1.29, 1.82) is 0 Å². The van der Waals surface area contributed by atoms with E-state index in [4.69, 9.17) is 19.9 Å². The summed E-state index contributed by atoms with van der Waals surface area (Å²) in [6, 6.07) is 1.40. The van der Waals surface area contributed by atoms with Gasteiger partial charge in [-0.05, 0) is 38.7 Å². The summed E-state index contributed by atoms with van der Waals surface area (Å²) in [6.45, 7) is 5.89. The van der Waals surface area contributed by atoms with Crippen LogP contribution < -0.4 is 5.73 Å². The molecular formula is C27H35FN6O4. The van der Waals surface area contributed by atoms with Crippen LogP contribution in [0, 0.1) is 5.82 Å². The molecule has 0 fully saturated rings. The predicted molar refractivity (Wildman–Crippen MR) is 142 cm³/mol. The fourth-order valence-corrected chi connectivity index (χ4v) is 4.35. The molecule has 1 aliphatic heterocycles. The van der Waals surface area contributed by atoms with Crippen molar-refractivity contribution in [2.75, 3.05) is 58.5 Å². The minimum atomic E-state index is -0.425. The third-order valence-electron chi connectivity index (χ3n) is 6.33. The summed E-state index contributed by atoms with van der Waals surface area (Å²) in [6.07, 6.45) is 10.1. The number of pyridine rings is 1. The van der Waals surface area contributed by atoms with Crippen LogP contribution in [0.3, 0.4) is 0 Å². The molecule has 38 heavy (non-hydrogen) atoms. The number of nitrogen functional groups attached to an aromatic ring is 1. The lowest BCUT2D eigenvalue weighted by atomic mass is 10.0. The Hall–Kier alpha value is -3.41. The number of aromatic amines is 1. The van der Waals surface area contributed by atoms with E-state index in [1.54, 1.807) is 12.4 Å². The number of nitrogens with zero attached hydrogens (tertiary/aromatic N) is 4. The normalized spacial score (nSPS) is 13.7. The molecule has 0 bridgehead atoms. The van der Waals surface area contributed by atoms with Gasteiger partial charge >= 0.3 is 0 Å². The Morgan fingerprint density at radius 3 is 2.76 bits per heavy atom. The molecular weight excluding hydrogens is 491 g/mol. The number of halogens is 1. The molecule has 10 nitrogen and oxygen atoms in total. The van der Waals surface area contributed by atoms with Gasteiger partial charge in [0.15, 0.2) is 5.82 Å². The van der Waals surface area contributed by atoms with Crippen molar-refractivity contribution >= 4 is 22.8 Å². The van der Waals surface area contributed by atoms with E-state index in [-0.39, 0.29) is 12.5 Å². The van der Waals surface area contributed by atoms with Gasteiger partial charge in [0.25, 0.3) is 0 Å². The Morgan fingerprint density at radius 1 is 1.13 bits per heavy atom. The van der Waals surface area contributed by atoms with Gasteiger partial charge in [-0.15, -0.1) is 0 Å². The van der Waals surface area contributed by atoms with E-state index < -0.39 is 5.82 Å². The van der Waals surface area contributed by atoms with Crippen molar-refractivity contribution < 1.29 is 23.4 Å². The number of hydrogen-bond donors (Lipinski definition) is 2. The lowest BCUT2D eigenvalue weighted by Gasteiger charge is -2.27. The molecule has 3 aromatic rings. The minimum absolute atomic E-state index is 0.00879. The van der Waals surface area contributed by atoms with Gasteiger partial charge in [-0.2, -0.15) is 0 Å². The van der Waals surface area contributed by atoms with Crippen LogP contribution in [0.25, 0.3) is 22.4 Å². The van der Waals surface area contributed by atoms with Crippen LogP contribution in [-0.2, 0) is 25.4 Å². The van der Waals surface area contributed by atoms with E-state index in [1.807, 2.05) is 11.8 Å². The number of amides is 1. The van der Waals surface area contributed by atoms with Gasteiger partial charge in [0.2, 0.25) is 5.91 Å². The number of ether oxygens (including phenoxy) is 3. The molecule has 4 rings (SSSR count). The number of H-pyrrole nitrogens is 1. The summed E-state index contributed by atoms with van der Waals surface area (Å²) in [5.41, 5.74) is 9.54. The van der Waals surface area contributed by atoms with Crippen molar-refractivity contribution in [3.8, 4) is 11.4 Å². The highest BCUT2D eigenvalue weighted by atomic mass is 19.1. The first-order valence-corrected chi connectivity index (χ1v) is 13.0. The number of anilines is 1. The van der Waals surface area contributed by atoms with Gasteiger partial charge in [-0.1, -0.05) is 11.6 Å². The molecule has 0 aromatic carbocycles. The van der Waals surface area contributed by atoms with Crippen LogP contribution in [0.1, 0.15) is 31.7 Å². The molecule has 3 aromatic heterocycles. The quantitative estimate of drug-likeness (QED) is 0.242. The maximum Gasteiger partial charge on any atom is 0.248 e. The van der Waals surface area contributed by atoms with Crippen molar-refractivity contribution in [2.24, 2.45) is 0 Å². The molecule has 0 saturated carbocycles. The molecule has 0 atom stereocenters. The third-order valence-corrected chi connectivity index (χ3v) is 6.33. The van der Waals surface area contributed by atoms with Crippen molar-refractivity contribution in [2.45, 2.75) is 32.6 Å². The summed E-state index contributed by atoms with van der Waals surface area (Å²) in [4.78, 5) is 30.3. The number of aryl methyl sites for hydroxylation is 1. The molecule has 1 aliphatic rings. The second-order valence-electron chi connectivity index (χ2n) is 9.04. The van der Waals surface area contributed by atoms with E-state index in [9.17, 15) is 9.18 Å². The highest BCUT2D eigenvalue weighted by Crippen LogP contribution is 2.27. The third kappa shape index (κ3) is 7.56. The van der Waals surface area contributed by atoms with Gasteiger partial charge in [-0.25, -0.2) is 19.3 Å². The van der Waals surface area contributed by atoms with Gasteiger partial charge < -0.3 is 29.8 Å². The molecule has 11 heteroatoms. The van der Waals surface area contributed by atoms with Crippen LogP contribution in [0.4, 0.5) is 10.2 Å². The number of hydrogen-bond acceptors (Lipinski definition) is 8. The van der Waals surface area contributed by atoms with E-state index in [0.717, 1.165) is 31.0 Å². The molecule has 204 valence electrons. The summed E-state index contributed by atoms with van der Waals surface area (Å²) in [5, 5.41) is 0.608. The zero-order valence-corrected chi connectivity index (χ0v) is 21.7. The molecule has 0 radical (unpaired) electrons. The van der Waals surface area contributed by atoms with E-state index >= 15 is 0 Å². The second kappa shape index (κ2) is 13.9. The maximum absolute atomic E-state index is 13.7. The van der Waals surface area contributed by atoms with Gasteiger partial charge in [0.1, 0.15) is 23.9 Å². The Balaban J connectivity index is 1.20. The van der Waals surface area contributed by atoms with Crippen LogP contribution >= 0.6 is 0 Å². The Bertz CT molecular complexity index is 1250. The van der Waals surface area contributed by atoms with E-state index in [1.165, 1.54) is 11.6 Å². The Morgan fingerprint density at radius 2 is 1.95 bits per heavy atom. The number of nitrogens with two attached hydrogens (primary N) is 1. The first-order chi connectivity index (χ1) is 18.5. The number of nitrogens with one attached hydrogen (secondary N) is 1. The smallest absolute Gasteiger partial charge is 0.248 e. The second-order valence-corrected chi connectivity index (χ2v) is 9.04. The van der Waals surface area contributed by atoms with E-state index in [0.29, 0.717) is 80.8 Å². The predicted octanol–water partition coefficient (Wildman–Crippen LogP) is 3.29. The van der Waals surface area contributed by atoms with Crippen LogP contribution in [0.5, 0.6) is 0 Å². The molecule has 0 aliphatic carbocycles. The van der Waals surface area contributed by atoms with Gasteiger partial charge in [0, 0.05) is 48.6 Å². The average molecular weight is 527 g/mol. The summed E-state index contributed by atoms with van der Waals surface area (Å²) in [7, 11) is 0. The monoisotopic (exact) mass is 526 g/mol. The van der Waals surface area contributed by atoms with Crippen molar-refractivity contribution in [3.63, 3.8) is 0 Å². The first kappa shape index (κ1) is 27.6. The highest BCUT2D eigenvalue weighted by molar-refractivity contribution is 5.91. The molecule has 1 amide bonds. The molecule has 0 spiro atoms. The molecule has 4 heterocycles. The van der Waals surface area contributed by atoms with Crippen LogP contribution in [-0.4, -0.2) is 83.5 Å². The molecule has 0 unspecified atom stereocenters. The Labute approximate surface area is 221 Å². The van der Waals surface area contributed by atoms with Crippen molar-refractivity contribution in [1.82, 2.24) is 24.8 Å². The maximum atomic E-state index is 13.7. The SMILES string of the molecule is CCOCCOCCOCC(=O)N1CCC=C(CCCc2cnc(-c3c[nH]c4ncc(F)cc34)nc2N)C1. The zero-order chi connectivity index (χ0) is 26.7. The largest absolute Gasteiger partial charge is 0.383 e. The van der Waals surface area contributed by atoms with Crippen LogP contribution in [0.15, 0.2) is 36.3 Å². The fourth-order valence-electron chi connectivity index (χ4n) is 4.35. The summed E-state index contributed by atoms with van der Waals surface area (Å²) >= 11 is 0. The highest BCUT2D eigenvalue weighted by Gasteiger charge is 2.18. The first-order valence-electron chi connectivity index (χ1n) is 13.0. The minimum Gasteiger partial charge on any atom is -0.383 e.